The number of amides is 2. The highest BCUT2D eigenvalue weighted by molar-refractivity contribution is 6.00. The van der Waals surface area contributed by atoms with Gasteiger partial charge < -0.3 is 19.4 Å². The van der Waals surface area contributed by atoms with Crippen molar-refractivity contribution in [2.24, 2.45) is 5.92 Å². The van der Waals surface area contributed by atoms with E-state index in [1.165, 1.54) is 6.07 Å². The van der Waals surface area contributed by atoms with Crippen LogP contribution < -0.4 is 14.5 Å². The van der Waals surface area contributed by atoms with Crippen LogP contribution in [0.5, 0.6) is 5.75 Å². The van der Waals surface area contributed by atoms with Gasteiger partial charge in [0, 0.05) is 44.8 Å². The lowest BCUT2D eigenvalue weighted by atomic mass is 10.1. The SMILES string of the molecule is CCOc1ccc(N2CC(C(=O)N3CCN(c4ccccc4F)CC3)CC2=O)cc1. The van der Waals surface area contributed by atoms with Crippen molar-refractivity contribution in [3.05, 3.63) is 54.3 Å². The van der Waals surface area contributed by atoms with Crippen LogP contribution in [0.25, 0.3) is 0 Å². The molecule has 0 aliphatic carbocycles. The number of halogens is 1. The van der Waals surface area contributed by atoms with Crippen molar-refractivity contribution in [3.8, 4) is 5.75 Å². The smallest absolute Gasteiger partial charge is 0.228 e. The van der Waals surface area contributed by atoms with Crippen LogP contribution in [0, 0.1) is 11.7 Å². The van der Waals surface area contributed by atoms with Crippen LogP contribution in [0.1, 0.15) is 13.3 Å². The number of rotatable bonds is 5. The van der Waals surface area contributed by atoms with Crippen LogP contribution >= 0.6 is 0 Å². The van der Waals surface area contributed by atoms with Crippen LogP contribution in [0.15, 0.2) is 48.5 Å². The molecule has 2 amide bonds. The first-order valence-electron chi connectivity index (χ1n) is 10.4. The first kappa shape index (κ1) is 20.2. The molecule has 2 aromatic carbocycles. The number of para-hydroxylation sites is 1. The fourth-order valence-electron chi connectivity index (χ4n) is 4.15. The predicted molar refractivity (Wildman–Crippen MR) is 113 cm³/mol. The molecule has 0 spiro atoms. The minimum Gasteiger partial charge on any atom is -0.494 e. The Balaban J connectivity index is 1.35. The fraction of sp³-hybridized carbons (Fsp3) is 0.391. The summed E-state index contributed by atoms with van der Waals surface area (Å²) in [4.78, 5) is 31.0. The highest BCUT2D eigenvalue weighted by Gasteiger charge is 2.38. The summed E-state index contributed by atoms with van der Waals surface area (Å²) in [5, 5.41) is 0. The quantitative estimate of drug-likeness (QED) is 0.759. The van der Waals surface area contributed by atoms with Crippen LogP contribution in [-0.4, -0.2) is 56.0 Å². The zero-order valence-corrected chi connectivity index (χ0v) is 17.1. The molecule has 2 aromatic rings. The second-order valence-electron chi connectivity index (χ2n) is 7.60. The number of anilines is 2. The number of carbonyl (C=O) groups excluding carboxylic acids is 2. The predicted octanol–water partition coefficient (Wildman–Crippen LogP) is 2.93. The summed E-state index contributed by atoms with van der Waals surface area (Å²) in [6, 6.07) is 14.1. The molecule has 4 rings (SSSR count). The van der Waals surface area contributed by atoms with Gasteiger partial charge in [-0.25, -0.2) is 4.39 Å². The maximum absolute atomic E-state index is 14.0. The number of hydrogen-bond acceptors (Lipinski definition) is 4. The molecular formula is C23H26FN3O3. The van der Waals surface area contributed by atoms with Crippen molar-refractivity contribution in [1.82, 2.24) is 4.90 Å². The van der Waals surface area contributed by atoms with E-state index < -0.39 is 0 Å². The molecule has 0 bridgehead atoms. The number of hydrogen-bond donors (Lipinski definition) is 0. The Morgan fingerprint density at radius 1 is 1.07 bits per heavy atom. The third-order valence-corrected chi connectivity index (χ3v) is 5.72. The van der Waals surface area contributed by atoms with Gasteiger partial charge in [-0.1, -0.05) is 12.1 Å². The van der Waals surface area contributed by atoms with Gasteiger partial charge in [0.1, 0.15) is 11.6 Å². The number of ether oxygens (including phenoxy) is 1. The molecule has 0 N–H and O–H groups in total. The molecule has 0 aromatic heterocycles. The maximum atomic E-state index is 14.0. The molecule has 2 saturated heterocycles. The lowest BCUT2D eigenvalue weighted by molar-refractivity contribution is -0.136. The van der Waals surface area contributed by atoms with Gasteiger partial charge in [0.25, 0.3) is 0 Å². The van der Waals surface area contributed by atoms with Crippen molar-refractivity contribution < 1.29 is 18.7 Å². The summed E-state index contributed by atoms with van der Waals surface area (Å²) in [7, 11) is 0. The van der Waals surface area contributed by atoms with Crippen molar-refractivity contribution in [1.29, 1.82) is 0 Å². The lowest BCUT2D eigenvalue weighted by Crippen LogP contribution is -2.51. The van der Waals surface area contributed by atoms with E-state index in [2.05, 4.69) is 0 Å². The molecule has 6 nitrogen and oxygen atoms in total. The zero-order valence-electron chi connectivity index (χ0n) is 17.1. The average molecular weight is 411 g/mol. The standard InChI is InChI=1S/C23H26FN3O3/c1-2-30-19-9-7-18(8-10-19)27-16-17(15-22(27)28)23(29)26-13-11-25(12-14-26)21-6-4-3-5-20(21)24/h3-10,17H,2,11-16H2,1H3. The Labute approximate surface area is 175 Å². The number of benzene rings is 2. The van der Waals surface area contributed by atoms with Gasteiger partial charge in [-0.2, -0.15) is 0 Å². The molecule has 2 fully saturated rings. The molecule has 1 unspecified atom stereocenters. The second-order valence-corrected chi connectivity index (χ2v) is 7.60. The lowest BCUT2D eigenvalue weighted by Gasteiger charge is -2.37. The van der Waals surface area contributed by atoms with Gasteiger partial charge in [-0.15, -0.1) is 0 Å². The molecule has 2 aliphatic rings. The molecule has 0 radical (unpaired) electrons. The van der Waals surface area contributed by atoms with Gasteiger partial charge in [0.05, 0.1) is 18.2 Å². The van der Waals surface area contributed by atoms with Gasteiger partial charge in [0.15, 0.2) is 0 Å². The normalized spacial score (nSPS) is 19.3. The summed E-state index contributed by atoms with van der Waals surface area (Å²) in [5.41, 5.74) is 1.35. The minimum atomic E-state index is -0.343. The van der Waals surface area contributed by atoms with Crippen LogP contribution in [0.4, 0.5) is 15.8 Å². The van der Waals surface area contributed by atoms with Crippen molar-refractivity contribution in [3.63, 3.8) is 0 Å². The monoisotopic (exact) mass is 411 g/mol. The third kappa shape index (κ3) is 4.10. The van der Waals surface area contributed by atoms with Crippen LogP contribution in [0.2, 0.25) is 0 Å². The van der Waals surface area contributed by atoms with Crippen LogP contribution in [-0.2, 0) is 9.59 Å². The van der Waals surface area contributed by atoms with Gasteiger partial charge >= 0.3 is 0 Å². The number of piperazine rings is 1. The largest absolute Gasteiger partial charge is 0.494 e. The second kappa shape index (κ2) is 8.73. The van der Waals surface area contributed by atoms with E-state index >= 15 is 0 Å². The summed E-state index contributed by atoms with van der Waals surface area (Å²) in [6.07, 6.45) is 0.222. The van der Waals surface area contributed by atoms with E-state index in [0.29, 0.717) is 45.0 Å². The third-order valence-electron chi connectivity index (χ3n) is 5.72. The Morgan fingerprint density at radius 2 is 1.77 bits per heavy atom. The maximum Gasteiger partial charge on any atom is 0.228 e. The van der Waals surface area contributed by atoms with Gasteiger partial charge in [-0.05, 0) is 43.3 Å². The highest BCUT2D eigenvalue weighted by Crippen LogP contribution is 2.28. The van der Waals surface area contributed by atoms with Crippen molar-refractivity contribution >= 4 is 23.2 Å². The first-order chi connectivity index (χ1) is 14.6. The first-order valence-corrected chi connectivity index (χ1v) is 10.4. The number of nitrogens with zero attached hydrogens (tertiary/aromatic N) is 3. The fourth-order valence-corrected chi connectivity index (χ4v) is 4.15. The Kier molecular flexibility index (Phi) is 5.88. The Bertz CT molecular complexity index is 910. The summed E-state index contributed by atoms with van der Waals surface area (Å²) >= 11 is 0. The Morgan fingerprint density at radius 3 is 2.43 bits per heavy atom. The minimum absolute atomic E-state index is 0.00460. The summed E-state index contributed by atoms with van der Waals surface area (Å²) in [6.45, 7) is 5.11. The van der Waals surface area contributed by atoms with Gasteiger partial charge in [0.2, 0.25) is 11.8 Å². The van der Waals surface area contributed by atoms with E-state index in [0.717, 1.165) is 11.4 Å². The average Bonchev–Trinajstić information content (AvgIpc) is 3.16. The van der Waals surface area contributed by atoms with E-state index in [-0.39, 0.29) is 30.0 Å². The van der Waals surface area contributed by atoms with E-state index in [1.54, 1.807) is 21.9 Å². The van der Waals surface area contributed by atoms with E-state index in [9.17, 15) is 14.0 Å². The van der Waals surface area contributed by atoms with Gasteiger partial charge in [-0.3, -0.25) is 9.59 Å². The number of carbonyl (C=O) groups is 2. The summed E-state index contributed by atoms with van der Waals surface area (Å²) in [5.74, 6) is 0.134. The van der Waals surface area contributed by atoms with E-state index in [1.807, 2.05) is 42.2 Å². The molecule has 2 aliphatic heterocycles. The molecule has 7 heteroatoms. The molecule has 30 heavy (non-hydrogen) atoms. The molecule has 2 heterocycles. The molecule has 158 valence electrons. The molecular weight excluding hydrogens is 385 g/mol. The van der Waals surface area contributed by atoms with E-state index in [4.69, 9.17) is 4.74 Å². The zero-order chi connectivity index (χ0) is 21.1. The Hall–Kier alpha value is -3.09. The summed E-state index contributed by atoms with van der Waals surface area (Å²) < 4.78 is 19.5. The molecule has 0 saturated carbocycles. The van der Waals surface area contributed by atoms with Crippen molar-refractivity contribution in [2.45, 2.75) is 13.3 Å². The van der Waals surface area contributed by atoms with Crippen molar-refractivity contribution in [2.75, 3.05) is 49.1 Å². The topological polar surface area (TPSA) is 53.1 Å². The van der Waals surface area contributed by atoms with Crippen LogP contribution in [0.3, 0.4) is 0 Å². The molecule has 1 atom stereocenters. The highest BCUT2D eigenvalue weighted by atomic mass is 19.1.